The number of benzene rings is 1. The lowest BCUT2D eigenvalue weighted by atomic mass is 10.2. The molecule has 0 N–H and O–H groups in total. The van der Waals surface area contributed by atoms with Gasteiger partial charge in [0.2, 0.25) is 0 Å². The average molecular weight is 318 g/mol. The van der Waals surface area contributed by atoms with Crippen LogP contribution in [-0.4, -0.2) is 34.9 Å². The first kappa shape index (κ1) is 13.7. The Kier molecular flexibility index (Phi) is 5.44. The minimum absolute atomic E-state index is 0.0988. The highest BCUT2D eigenvalue weighted by Gasteiger charge is 2.08. The standard InChI is InChI=1S/C11H12BrNOS2/c1-13(2)11(15)16-7-10(14)8-3-5-9(12)6-4-8/h3-6H,7H2,1-2H3. The molecule has 0 aliphatic rings. The summed E-state index contributed by atoms with van der Waals surface area (Å²) in [5, 5.41) is 0. The van der Waals surface area contributed by atoms with Crippen molar-refractivity contribution in [2.24, 2.45) is 0 Å². The van der Waals surface area contributed by atoms with Crippen molar-refractivity contribution in [3.63, 3.8) is 0 Å². The lowest BCUT2D eigenvalue weighted by molar-refractivity contribution is 0.102. The Bertz CT molecular complexity index is 389. The van der Waals surface area contributed by atoms with E-state index in [1.54, 1.807) is 0 Å². The predicted octanol–water partition coefficient (Wildman–Crippen LogP) is 3.21. The number of nitrogens with zero attached hydrogens (tertiary/aromatic N) is 1. The Morgan fingerprint density at radius 3 is 2.44 bits per heavy atom. The molecule has 1 aromatic rings. The number of hydrogen-bond donors (Lipinski definition) is 0. The van der Waals surface area contributed by atoms with E-state index in [1.165, 1.54) is 11.8 Å². The second-order valence-corrected chi connectivity index (χ2v) is 5.90. The molecule has 1 rings (SSSR count). The smallest absolute Gasteiger partial charge is 0.173 e. The first-order valence-corrected chi connectivity index (χ1v) is 6.82. The number of carbonyl (C=O) groups excluding carboxylic acids is 1. The normalized spacial score (nSPS) is 9.94. The maximum absolute atomic E-state index is 11.8. The van der Waals surface area contributed by atoms with Crippen LogP contribution in [0.5, 0.6) is 0 Å². The summed E-state index contributed by atoms with van der Waals surface area (Å²) in [6, 6.07) is 7.35. The first-order valence-electron chi connectivity index (χ1n) is 4.63. The van der Waals surface area contributed by atoms with E-state index >= 15 is 0 Å². The highest BCUT2D eigenvalue weighted by Crippen LogP contribution is 2.14. The van der Waals surface area contributed by atoms with Crippen molar-refractivity contribution in [1.82, 2.24) is 4.90 Å². The number of Topliss-reactive ketones (excluding diaryl/α,β-unsaturated/α-hetero) is 1. The van der Waals surface area contributed by atoms with Crippen molar-refractivity contribution in [3.8, 4) is 0 Å². The molecule has 0 aromatic heterocycles. The molecular formula is C11H12BrNOS2. The van der Waals surface area contributed by atoms with Gasteiger partial charge >= 0.3 is 0 Å². The molecule has 16 heavy (non-hydrogen) atoms. The third-order valence-corrected chi connectivity index (χ3v) is 4.12. The molecule has 0 bridgehead atoms. The van der Waals surface area contributed by atoms with E-state index in [0.717, 1.165) is 14.4 Å². The third kappa shape index (κ3) is 4.23. The molecule has 0 fully saturated rings. The number of thioether (sulfide) groups is 1. The summed E-state index contributed by atoms with van der Waals surface area (Å²) < 4.78 is 1.70. The largest absolute Gasteiger partial charge is 0.364 e. The van der Waals surface area contributed by atoms with Crippen molar-refractivity contribution in [2.75, 3.05) is 19.8 Å². The number of rotatable bonds is 3. The molecule has 5 heteroatoms. The fourth-order valence-corrected chi connectivity index (χ4v) is 2.10. The van der Waals surface area contributed by atoms with Gasteiger partial charge in [0, 0.05) is 24.1 Å². The van der Waals surface area contributed by atoms with Gasteiger partial charge in [-0.25, -0.2) is 0 Å². The van der Waals surface area contributed by atoms with Crippen LogP contribution in [0.1, 0.15) is 10.4 Å². The van der Waals surface area contributed by atoms with Gasteiger partial charge in [0.05, 0.1) is 5.75 Å². The molecule has 0 amide bonds. The maximum Gasteiger partial charge on any atom is 0.173 e. The zero-order valence-electron chi connectivity index (χ0n) is 9.07. The zero-order chi connectivity index (χ0) is 12.1. The van der Waals surface area contributed by atoms with E-state index in [9.17, 15) is 4.79 Å². The Morgan fingerprint density at radius 1 is 1.38 bits per heavy atom. The van der Waals surface area contributed by atoms with Crippen LogP contribution < -0.4 is 0 Å². The second kappa shape index (κ2) is 6.37. The molecule has 0 radical (unpaired) electrons. The lowest BCUT2D eigenvalue weighted by Crippen LogP contribution is -2.18. The van der Waals surface area contributed by atoms with Crippen molar-refractivity contribution in [3.05, 3.63) is 34.3 Å². The van der Waals surface area contributed by atoms with E-state index in [2.05, 4.69) is 15.9 Å². The molecule has 0 aliphatic heterocycles. The van der Waals surface area contributed by atoms with E-state index < -0.39 is 0 Å². The quantitative estimate of drug-likeness (QED) is 0.630. The molecule has 2 nitrogen and oxygen atoms in total. The molecule has 0 heterocycles. The van der Waals surface area contributed by atoms with Crippen LogP contribution in [0.15, 0.2) is 28.7 Å². The summed E-state index contributed by atoms with van der Waals surface area (Å²) in [6.07, 6.45) is 0. The van der Waals surface area contributed by atoms with Crippen molar-refractivity contribution in [2.45, 2.75) is 0 Å². The summed E-state index contributed by atoms with van der Waals surface area (Å²) in [5.74, 6) is 0.486. The van der Waals surface area contributed by atoms with Gasteiger partial charge in [-0.3, -0.25) is 4.79 Å². The van der Waals surface area contributed by atoms with Gasteiger partial charge in [-0.15, -0.1) is 0 Å². The SMILES string of the molecule is CN(C)C(=S)SCC(=O)c1ccc(Br)cc1. The van der Waals surface area contributed by atoms with Crippen LogP contribution in [0.3, 0.4) is 0 Å². The molecule has 1 aromatic carbocycles. The van der Waals surface area contributed by atoms with E-state index in [4.69, 9.17) is 12.2 Å². The fourth-order valence-electron chi connectivity index (χ4n) is 0.975. The molecule has 0 atom stereocenters. The van der Waals surface area contributed by atoms with Crippen LogP contribution in [0, 0.1) is 0 Å². The Morgan fingerprint density at radius 2 is 1.94 bits per heavy atom. The number of thiocarbonyl (C=S) groups is 1. The monoisotopic (exact) mass is 317 g/mol. The third-order valence-electron chi connectivity index (χ3n) is 1.86. The maximum atomic E-state index is 11.8. The fraction of sp³-hybridized carbons (Fsp3) is 0.273. The van der Waals surface area contributed by atoms with Crippen LogP contribution in [0.25, 0.3) is 0 Å². The van der Waals surface area contributed by atoms with Crippen LogP contribution in [-0.2, 0) is 0 Å². The van der Waals surface area contributed by atoms with Gasteiger partial charge in [-0.05, 0) is 12.1 Å². The number of carbonyl (C=O) groups is 1. The van der Waals surface area contributed by atoms with Gasteiger partial charge in [-0.1, -0.05) is 52.0 Å². The van der Waals surface area contributed by atoms with E-state index in [1.807, 2.05) is 43.3 Å². The zero-order valence-corrected chi connectivity index (χ0v) is 12.3. The van der Waals surface area contributed by atoms with Gasteiger partial charge in [0.1, 0.15) is 4.32 Å². The summed E-state index contributed by atoms with van der Waals surface area (Å²) in [5.41, 5.74) is 0.720. The summed E-state index contributed by atoms with van der Waals surface area (Å²) in [7, 11) is 3.75. The first-order chi connectivity index (χ1) is 7.50. The molecule has 0 unspecified atom stereocenters. The lowest BCUT2D eigenvalue weighted by Gasteiger charge is -2.11. The van der Waals surface area contributed by atoms with Crippen molar-refractivity contribution < 1.29 is 4.79 Å². The van der Waals surface area contributed by atoms with Gasteiger partial charge < -0.3 is 4.90 Å². The van der Waals surface area contributed by atoms with Crippen molar-refractivity contribution >= 4 is 50.0 Å². The van der Waals surface area contributed by atoms with Gasteiger partial charge in [0.15, 0.2) is 5.78 Å². The molecule has 0 saturated heterocycles. The van der Waals surface area contributed by atoms with Gasteiger partial charge in [0.25, 0.3) is 0 Å². The number of ketones is 1. The molecule has 0 saturated carbocycles. The van der Waals surface area contributed by atoms with Gasteiger partial charge in [-0.2, -0.15) is 0 Å². The molecule has 86 valence electrons. The Labute approximate surface area is 114 Å². The second-order valence-electron chi connectivity index (χ2n) is 3.38. The Hall–Kier alpha value is -0.390. The van der Waals surface area contributed by atoms with Crippen LogP contribution in [0.4, 0.5) is 0 Å². The predicted molar refractivity (Wildman–Crippen MR) is 77.2 cm³/mol. The molecule has 0 aliphatic carbocycles. The highest BCUT2D eigenvalue weighted by atomic mass is 79.9. The topological polar surface area (TPSA) is 20.3 Å². The Balaban J connectivity index is 2.53. The summed E-state index contributed by atoms with van der Waals surface area (Å²) >= 11 is 9.82. The van der Waals surface area contributed by atoms with Crippen molar-refractivity contribution in [1.29, 1.82) is 0 Å². The number of hydrogen-bond acceptors (Lipinski definition) is 3. The number of halogens is 1. The highest BCUT2D eigenvalue weighted by molar-refractivity contribution is 9.10. The summed E-state index contributed by atoms with van der Waals surface area (Å²) in [6.45, 7) is 0. The minimum Gasteiger partial charge on any atom is -0.364 e. The molecular weight excluding hydrogens is 306 g/mol. The molecule has 0 spiro atoms. The van der Waals surface area contributed by atoms with Crippen LogP contribution >= 0.6 is 39.9 Å². The summed E-state index contributed by atoms with van der Waals surface area (Å²) in [4.78, 5) is 13.6. The van der Waals surface area contributed by atoms with Crippen LogP contribution in [0.2, 0.25) is 0 Å². The van der Waals surface area contributed by atoms with E-state index in [-0.39, 0.29) is 5.78 Å². The van der Waals surface area contributed by atoms with E-state index in [0.29, 0.717) is 5.75 Å². The average Bonchev–Trinajstić information content (AvgIpc) is 2.26. The minimum atomic E-state index is 0.0988.